The minimum absolute atomic E-state index is 0.140. The second-order valence-corrected chi connectivity index (χ2v) is 15.9. The lowest BCUT2D eigenvalue weighted by Crippen LogP contribution is -2.05. The van der Waals surface area contributed by atoms with Gasteiger partial charge < -0.3 is 4.57 Å². The van der Waals surface area contributed by atoms with Gasteiger partial charge in [-0.05, 0) is 74.3 Å². The molecular weight excluding hydrogens is 813 g/mol. The van der Waals surface area contributed by atoms with Crippen LogP contribution in [-0.4, -0.2) is 19.5 Å². The van der Waals surface area contributed by atoms with E-state index in [0.29, 0.717) is 39.5 Å². The molecule has 0 radical (unpaired) electrons. The average Bonchev–Trinajstić information content (AvgIpc) is 3.02. The Morgan fingerprint density at radius 1 is 0.284 bits per heavy atom. The monoisotopic (exact) mass is 866 g/mol. The largest absolute Gasteiger partial charge is 0.308 e. The number of aromatic nitrogens is 4. The minimum atomic E-state index is -0.710. The molecule has 10 aromatic carbocycles. The highest BCUT2D eigenvalue weighted by molar-refractivity contribution is 6.11. The van der Waals surface area contributed by atoms with Gasteiger partial charge in [0.15, 0.2) is 17.5 Å². The second-order valence-electron chi connectivity index (χ2n) is 15.9. The van der Waals surface area contributed by atoms with Gasteiger partial charge in [0.25, 0.3) is 0 Å². The third-order valence-electron chi connectivity index (χ3n) is 11.8. The van der Waals surface area contributed by atoms with E-state index >= 15 is 0 Å². The number of para-hydroxylation sites is 2. The number of fused-ring (bicyclic) bond motifs is 3. The fourth-order valence-electron chi connectivity index (χ4n) is 8.55. The number of nitrogens with zero attached hydrogens (tertiary/aromatic N) is 4. The summed E-state index contributed by atoms with van der Waals surface area (Å²) in [7, 11) is 0. The summed E-state index contributed by atoms with van der Waals surface area (Å²) in [6.45, 7) is 0. The van der Waals surface area contributed by atoms with E-state index in [2.05, 4.69) is 36.4 Å². The summed E-state index contributed by atoms with van der Waals surface area (Å²) in [5.41, 5.74) is 7.83. The third-order valence-corrected chi connectivity index (χ3v) is 11.8. The molecule has 12 aromatic rings. The van der Waals surface area contributed by atoms with Crippen molar-refractivity contribution in [2.45, 2.75) is 0 Å². The topological polar surface area (TPSA) is 43.6 Å². The molecule has 0 spiro atoms. The predicted octanol–water partition coefficient (Wildman–Crippen LogP) is 16.3. The van der Waals surface area contributed by atoms with E-state index in [1.54, 1.807) is 6.07 Å². The molecule has 2 aromatic heterocycles. The van der Waals surface area contributed by atoms with E-state index in [0.717, 1.165) is 33.4 Å². The Labute approximate surface area is 406 Å². The van der Waals surface area contributed by atoms with Crippen LogP contribution in [0.4, 0.5) is 0 Å². The van der Waals surface area contributed by atoms with E-state index in [4.69, 9.17) is 24.5 Å². The van der Waals surface area contributed by atoms with E-state index in [1.165, 1.54) is 4.57 Å². The first-order valence-corrected chi connectivity index (χ1v) is 21.7. The molecular formula is C63H42N4. The second kappa shape index (κ2) is 17.2. The molecule has 0 saturated heterocycles. The number of hydrogen-bond acceptors (Lipinski definition) is 3. The van der Waals surface area contributed by atoms with Crippen LogP contribution >= 0.6 is 0 Å². The summed E-state index contributed by atoms with van der Waals surface area (Å²) in [6, 6.07) is 51.1. The Kier molecular flexibility index (Phi) is 7.37. The van der Waals surface area contributed by atoms with Crippen molar-refractivity contribution in [3.63, 3.8) is 0 Å². The summed E-state index contributed by atoms with van der Waals surface area (Å²) < 4.78 is 111. The number of hydrogen-bond donors (Lipinski definition) is 0. The van der Waals surface area contributed by atoms with Gasteiger partial charge in [-0.2, -0.15) is 0 Å². The van der Waals surface area contributed by atoms with Crippen LogP contribution in [0.5, 0.6) is 0 Å². The van der Waals surface area contributed by atoms with Gasteiger partial charge in [-0.25, -0.2) is 15.0 Å². The summed E-state index contributed by atoms with van der Waals surface area (Å²) in [6.07, 6.45) is 0. The van der Waals surface area contributed by atoms with Crippen LogP contribution < -0.4 is 0 Å². The smallest absolute Gasteiger partial charge is 0.166 e. The first-order chi connectivity index (χ1) is 38.2. The van der Waals surface area contributed by atoms with Crippen LogP contribution in [0.2, 0.25) is 0 Å². The molecule has 0 aliphatic carbocycles. The van der Waals surface area contributed by atoms with Gasteiger partial charge >= 0.3 is 0 Å². The number of rotatable bonds is 9. The first-order valence-electron chi connectivity index (χ1n) is 27.7. The van der Waals surface area contributed by atoms with Gasteiger partial charge in [-0.15, -0.1) is 0 Å². The molecule has 0 N–H and O–H groups in total. The zero-order chi connectivity index (χ0) is 55.0. The van der Waals surface area contributed by atoms with Gasteiger partial charge in [0, 0.05) is 33.0 Å². The maximum Gasteiger partial charge on any atom is 0.166 e. The molecule has 0 aliphatic rings. The van der Waals surface area contributed by atoms with E-state index in [9.17, 15) is 6.85 Å². The van der Waals surface area contributed by atoms with E-state index < -0.39 is 83.6 Å². The zero-order valence-electron chi connectivity index (χ0n) is 47.6. The molecule has 0 aliphatic heterocycles. The van der Waals surface area contributed by atoms with Gasteiger partial charge in [-0.3, -0.25) is 0 Å². The maximum absolute atomic E-state index is 9.95. The molecule has 0 bridgehead atoms. The Bertz CT molecular complexity index is 4370. The van der Waals surface area contributed by atoms with Gasteiger partial charge in [0.05, 0.1) is 33.2 Å². The Hall–Kier alpha value is -8.99. The highest BCUT2D eigenvalue weighted by Crippen LogP contribution is 2.42. The van der Waals surface area contributed by atoms with Gasteiger partial charge in [0.2, 0.25) is 0 Å². The molecule has 4 heteroatoms. The quantitative estimate of drug-likeness (QED) is 0.145. The van der Waals surface area contributed by atoms with Crippen LogP contribution in [-0.2, 0) is 0 Å². The summed E-state index contributed by atoms with van der Waals surface area (Å²) in [5, 5.41) is -0.373. The fraction of sp³-hybridized carbons (Fsp3) is 0. The van der Waals surface area contributed by atoms with Crippen molar-refractivity contribution in [2.24, 2.45) is 0 Å². The zero-order valence-corrected chi connectivity index (χ0v) is 35.6. The van der Waals surface area contributed by atoms with Crippen LogP contribution in [0.25, 0.3) is 117 Å². The van der Waals surface area contributed by atoms with Crippen LogP contribution in [0.1, 0.15) is 16.4 Å². The average molecular weight is 867 g/mol. The molecule has 314 valence electrons. The van der Waals surface area contributed by atoms with Gasteiger partial charge in [-0.1, -0.05) is 230 Å². The Balaban J connectivity index is 1.17. The van der Waals surface area contributed by atoms with Crippen molar-refractivity contribution in [3.8, 4) is 95.5 Å². The molecule has 12 rings (SSSR count). The van der Waals surface area contributed by atoms with Crippen molar-refractivity contribution in [2.75, 3.05) is 0 Å². The molecule has 67 heavy (non-hydrogen) atoms. The van der Waals surface area contributed by atoms with E-state index in [-0.39, 0.29) is 33.3 Å². The van der Waals surface area contributed by atoms with Crippen molar-refractivity contribution in [3.05, 3.63) is 255 Å². The molecule has 0 unspecified atom stereocenters. The van der Waals surface area contributed by atoms with Crippen molar-refractivity contribution >= 4 is 21.8 Å². The predicted molar refractivity (Wildman–Crippen MR) is 278 cm³/mol. The van der Waals surface area contributed by atoms with Crippen molar-refractivity contribution < 1.29 is 16.4 Å². The Morgan fingerprint density at radius 3 is 1.30 bits per heavy atom. The highest BCUT2D eigenvalue weighted by Gasteiger charge is 2.23. The van der Waals surface area contributed by atoms with Crippen LogP contribution in [0, 0.1) is 0 Å². The van der Waals surface area contributed by atoms with Crippen molar-refractivity contribution in [1.29, 1.82) is 0 Å². The normalized spacial score (nSPS) is 13.8. The maximum atomic E-state index is 9.95. The van der Waals surface area contributed by atoms with E-state index in [1.807, 2.05) is 140 Å². The summed E-state index contributed by atoms with van der Waals surface area (Å²) in [5.74, 6) is 0.790. The lowest BCUT2D eigenvalue weighted by atomic mass is 9.95. The standard InChI is InChI=1S/C63H42N4/c1-5-16-43(17-6-1)46-28-30-48(31-29-46)49-32-36-50(37-33-49)54-25-15-26-56(60(54)67-58-27-14-13-24-55(58)57-42-53(40-41-59(57)67)45-20-9-3-10-21-45)63-65-61(51-22-11-4-12-23-51)64-62(66-63)52-38-34-47(35-39-52)44-18-7-2-8-19-44/h1-42H/i3D,9D,10D,13D,14D,20D,21D,24D,27D,40D,41D,42D. The molecule has 0 fully saturated rings. The lowest BCUT2D eigenvalue weighted by Gasteiger charge is -2.19. The first kappa shape index (κ1) is 28.7. The molecule has 2 heterocycles. The lowest BCUT2D eigenvalue weighted by molar-refractivity contribution is 1.06. The fourth-order valence-corrected chi connectivity index (χ4v) is 8.55. The van der Waals surface area contributed by atoms with Gasteiger partial charge in [0.1, 0.15) is 0 Å². The third kappa shape index (κ3) is 7.57. The van der Waals surface area contributed by atoms with Crippen LogP contribution in [0.3, 0.4) is 0 Å². The molecule has 0 amide bonds. The SMILES string of the molecule is [2H]c1c([2H])c([2H])c(-c2c([2H])c([2H])c3c(c2[2H])c2c([2H])c([2H])c([2H])c([2H])c2n3-c2c(-c3ccc(-c4ccc(-c5ccccc5)cc4)cc3)cccc2-c2nc(-c3ccccc3)nc(-c3ccc(-c4ccccc4)cc3)n2)c([2H])c1[2H]. The van der Waals surface area contributed by atoms with Crippen molar-refractivity contribution in [1.82, 2.24) is 19.5 Å². The molecule has 0 saturated carbocycles. The molecule has 4 nitrogen and oxygen atoms in total. The molecule has 0 atom stereocenters. The Morgan fingerprint density at radius 2 is 0.716 bits per heavy atom. The summed E-state index contributed by atoms with van der Waals surface area (Å²) in [4.78, 5) is 15.3. The highest BCUT2D eigenvalue weighted by atomic mass is 15.1. The number of benzene rings is 10. The summed E-state index contributed by atoms with van der Waals surface area (Å²) >= 11 is 0. The van der Waals surface area contributed by atoms with Crippen LogP contribution in [0.15, 0.2) is 255 Å². The minimum Gasteiger partial charge on any atom is -0.308 e.